The third kappa shape index (κ3) is 4.03. The molecule has 0 spiro atoms. The number of rotatable bonds is 3. The Kier molecular flexibility index (Phi) is 4.96. The summed E-state index contributed by atoms with van der Waals surface area (Å²) in [5.74, 6) is 0.929. The van der Waals surface area contributed by atoms with Gasteiger partial charge in [-0.1, -0.05) is 31.2 Å². The lowest BCUT2D eigenvalue weighted by atomic mass is 9.98. The average molecular weight is 371 g/mol. The summed E-state index contributed by atoms with van der Waals surface area (Å²) in [5, 5.41) is 0. The predicted molar refractivity (Wildman–Crippen MR) is 83.5 cm³/mol. The zero-order valence-corrected chi connectivity index (χ0v) is 13.2. The third-order valence-electron chi connectivity index (χ3n) is 3.67. The van der Waals surface area contributed by atoms with Crippen LogP contribution in [-0.4, -0.2) is 27.7 Å². The highest BCUT2D eigenvalue weighted by Gasteiger charge is 2.20. The summed E-state index contributed by atoms with van der Waals surface area (Å²) < 4.78 is 0.0282. The average Bonchev–Trinajstić information content (AvgIpc) is 2.40. The fourth-order valence-electron chi connectivity index (χ4n) is 2.30. The number of hydrogen-bond donors (Lipinski definition) is 0. The zero-order chi connectivity index (χ0) is 13.8. The number of hydrogen-bond acceptors (Lipinski definition) is 2. The lowest BCUT2D eigenvalue weighted by Crippen LogP contribution is -2.38. The van der Waals surface area contributed by atoms with E-state index < -0.39 is 0 Å². The van der Waals surface area contributed by atoms with Gasteiger partial charge in [0.05, 0.1) is 6.42 Å². The Morgan fingerprint density at radius 3 is 2.32 bits per heavy atom. The molecule has 0 aromatic heterocycles. The second-order valence-corrected chi connectivity index (χ2v) is 6.19. The minimum atomic E-state index is 0.0282. The maximum Gasteiger partial charge on any atom is 0.226 e. The van der Waals surface area contributed by atoms with E-state index in [0.29, 0.717) is 12.0 Å². The van der Waals surface area contributed by atoms with Gasteiger partial charge in [-0.2, -0.15) is 0 Å². The van der Waals surface area contributed by atoms with E-state index in [2.05, 4.69) is 6.92 Å². The molecule has 1 aromatic carbocycles. The van der Waals surface area contributed by atoms with Gasteiger partial charge in [-0.05, 0) is 24.3 Å². The smallest absolute Gasteiger partial charge is 0.226 e. The van der Waals surface area contributed by atoms with Gasteiger partial charge in [-0.3, -0.25) is 9.59 Å². The van der Waals surface area contributed by atoms with E-state index >= 15 is 0 Å². The topological polar surface area (TPSA) is 37.4 Å². The SMILES string of the molecule is CC1CCN(C(=O)Cc2ccc(C(=O)I)cc2)CC1. The van der Waals surface area contributed by atoms with Crippen LogP contribution < -0.4 is 0 Å². The number of likely N-dealkylation sites (tertiary alicyclic amines) is 1. The molecule has 19 heavy (non-hydrogen) atoms. The van der Waals surface area contributed by atoms with Gasteiger partial charge in [0, 0.05) is 41.2 Å². The van der Waals surface area contributed by atoms with Crippen LogP contribution in [0.5, 0.6) is 0 Å². The van der Waals surface area contributed by atoms with E-state index in [1.54, 1.807) is 34.7 Å². The Morgan fingerprint density at radius 1 is 1.21 bits per heavy atom. The molecule has 1 aliphatic rings. The van der Waals surface area contributed by atoms with Crippen molar-refractivity contribution in [2.45, 2.75) is 26.2 Å². The van der Waals surface area contributed by atoms with Crippen molar-refractivity contribution in [3.8, 4) is 0 Å². The molecule has 0 aliphatic carbocycles. The number of nitrogens with zero attached hydrogens (tertiary/aromatic N) is 1. The standard InChI is InChI=1S/C15H18INO2/c1-11-6-8-17(9-7-11)14(18)10-12-2-4-13(5-3-12)15(16)19/h2-5,11H,6-10H2,1H3. The highest BCUT2D eigenvalue weighted by atomic mass is 127. The van der Waals surface area contributed by atoms with E-state index in [4.69, 9.17) is 0 Å². The molecule has 4 heteroatoms. The molecule has 0 unspecified atom stereocenters. The number of carbonyl (C=O) groups is 2. The Balaban J connectivity index is 1.93. The lowest BCUT2D eigenvalue weighted by Gasteiger charge is -2.30. The van der Waals surface area contributed by atoms with E-state index in [1.807, 2.05) is 17.0 Å². The van der Waals surface area contributed by atoms with Crippen molar-refractivity contribution < 1.29 is 9.59 Å². The second-order valence-electron chi connectivity index (χ2n) is 5.21. The van der Waals surface area contributed by atoms with Crippen LogP contribution >= 0.6 is 22.6 Å². The van der Waals surface area contributed by atoms with Crippen LogP contribution in [0.15, 0.2) is 24.3 Å². The van der Waals surface area contributed by atoms with Gasteiger partial charge < -0.3 is 4.90 Å². The highest BCUT2D eigenvalue weighted by Crippen LogP contribution is 2.17. The van der Waals surface area contributed by atoms with Gasteiger partial charge in [-0.25, -0.2) is 0 Å². The fraction of sp³-hybridized carbons (Fsp3) is 0.467. The summed E-state index contributed by atoms with van der Waals surface area (Å²) >= 11 is 1.77. The Hall–Kier alpha value is -0.910. The number of carbonyl (C=O) groups excluding carboxylic acids is 2. The number of benzene rings is 1. The summed E-state index contributed by atoms with van der Waals surface area (Å²) in [4.78, 5) is 25.3. The monoisotopic (exact) mass is 371 g/mol. The summed E-state index contributed by atoms with van der Waals surface area (Å²) in [5.41, 5.74) is 1.66. The van der Waals surface area contributed by atoms with Crippen molar-refractivity contribution in [1.29, 1.82) is 0 Å². The fourth-order valence-corrected chi connectivity index (χ4v) is 2.66. The molecular formula is C15H18INO2. The largest absolute Gasteiger partial charge is 0.342 e. The van der Waals surface area contributed by atoms with Crippen LogP contribution in [0.3, 0.4) is 0 Å². The minimum absolute atomic E-state index is 0.0282. The van der Waals surface area contributed by atoms with Gasteiger partial charge in [-0.15, -0.1) is 0 Å². The second kappa shape index (κ2) is 6.50. The van der Waals surface area contributed by atoms with Gasteiger partial charge in [0.1, 0.15) is 0 Å². The molecule has 0 N–H and O–H groups in total. The van der Waals surface area contributed by atoms with Gasteiger partial charge in [0.25, 0.3) is 0 Å². The first-order valence-corrected chi connectivity index (χ1v) is 7.70. The van der Waals surface area contributed by atoms with E-state index in [1.165, 1.54) is 0 Å². The van der Waals surface area contributed by atoms with Gasteiger partial charge in [0.15, 0.2) is 0 Å². The molecular weight excluding hydrogens is 353 g/mol. The molecule has 1 aromatic rings. The van der Waals surface area contributed by atoms with E-state index in [0.717, 1.165) is 37.4 Å². The lowest BCUT2D eigenvalue weighted by molar-refractivity contribution is -0.131. The Labute approximate surface area is 127 Å². The van der Waals surface area contributed by atoms with Gasteiger partial charge >= 0.3 is 0 Å². The zero-order valence-electron chi connectivity index (χ0n) is 11.1. The maximum atomic E-state index is 12.2. The van der Waals surface area contributed by atoms with E-state index in [9.17, 15) is 9.59 Å². The predicted octanol–water partition coefficient (Wildman–Crippen LogP) is 3.06. The summed E-state index contributed by atoms with van der Waals surface area (Å²) in [7, 11) is 0. The van der Waals surface area contributed by atoms with Crippen LogP contribution in [0.1, 0.15) is 35.7 Å². The maximum absolute atomic E-state index is 12.2. The van der Waals surface area contributed by atoms with Crippen LogP contribution in [0.4, 0.5) is 0 Å². The van der Waals surface area contributed by atoms with Crippen molar-refractivity contribution in [2.75, 3.05) is 13.1 Å². The van der Waals surface area contributed by atoms with Gasteiger partial charge in [0.2, 0.25) is 9.70 Å². The molecule has 0 saturated carbocycles. The molecule has 0 atom stereocenters. The first-order chi connectivity index (χ1) is 9.06. The molecule has 1 saturated heterocycles. The quantitative estimate of drug-likeness (QED) is 0.605. The normalized spacial score (nSPS) is 16.4. The molecule has 1 fully saturated rings. The van der Waals surface area contributed by atoms with Crippen molar-refractivity contribution in [2.24, 2.45) is 5.92 Å². The van der Waals surface area contributed by atoms with Crippen LogP contribution in [-0.2, 0) is 11.2 Å². The number of piperidine rings is 1. The highest BCUT2D eigenvalue weighted by molar-refractivity contribution is 14.1. The van der Waals surface area contributed by atoms with Crippen LogP contribution in [0.2, 0.25) is 0 Å². The molecule has 102 valence electrons. The van der Waals surface area contributed by atoms with Crippen LogP contribution in [0, 0.1) is 5.92 Å². The molecule has 3 nitrogen and oxygen atoms in total. The molecule has 2 rings (SSSR count). The third-order valence-corrected chi connectivity index (χ3v) is 4.30. The molecule has 0 bridgehead atoms. The Bertz CT molecular complexity index is 462. The summed E-state index contributed by atoms with van der Waals surface area (Å²) in [6, 6.07) is 7.32. The molecule has 1 amide bonds. The van der Waals surface area contributed by atoms with Crippen molar-refractivity contribution in [1.82, 2.24) is 4.90 Å². The summed E-state index contributed by atoms with van der Waals surface area (Å²) in [6.07, 6.45) is 2.64. The number of halogens is 1. The summed E-state index contributed by atoms with van der Waals surface area (Å²) in [6.45, 7) is 4.00. The number of amides is 1. The van der Waals surface area contributed by atoms with Crippen molar-refractivity contribution >= 4 is 32.3 Å². The molecule has 1 aliphatic heterocycles. The van der Waals surface area contributed by atoms with Crippen LogP contribution in [0.25, 0.3) is 0 Å². The first kappa shape index (κ1) is 14.5. The Morgan fingerprint density at radius 2 is 1.79 bits per heavy atom. The molecule has 0 radical (unpaired) electrons. The molecule has 1 heterocycles. The van der Waals surface area contributed by atoms with Crippen molar-refractivity contribution in [3.05, 3.63) is 35.4 Å². The van der Waals surface area contributed by atoms with E-state index in [-0.39, 0.29) is 9.70 Å². The minimum Gasteiger partial charge on any atom is -0.342 e. The van der Waals surface area contributed by atoms with Crippen molar-refractivity contribution in [3.63, 3.8) is 0 Å². The first-order valence-electron chi connectivity index (χ1n) is 6.63.